The van der Waals surface area contributed by atoms with E-state index in [9.17, 15) is 10.1 Å². The summed E-state index contributed by atoms with van der Waals surface area (Å²) in [4.78, 5) is 14.6. The monoisotopic (exact) mass is 252 g/mol. The Bertz CT molecular complexity index is 551. The first-order chi connectivity index (χ1) is 7.70. The lowest BCUT2D eigenvalue weighted by molar-refractivity contribution is -0.384. The lowest BCUT2D eigenvalue weighted by atomic mass is 10.3. The molecular formula is C10H8N2O2S2. The molecule has 0 amide bonds. The summed E-state index contributed by atoms with van der Waals surface area (Å²) in [6.07, 6.45) is 1.80. The van der Waals surface area contributed by atoms with Crippen molar-refractivity contribution in [1.82, 2.24) is 4.98 Å². The van der Waals surface area contributed by atoms with Crippen molar-refractivity contribution in [3.05, 3.63) is 41.0 Å². The molecule has 1 aromatic heterocycles. The van der Waals surface area contributed by atoms with E-state index < -0.39 is 4.92 Å². The van der Waals surface area contributed by atoms with E-state index in [1.807, 2.05) is 0 Å². The lowest BCUT2D eigenvalue weighted by Gasteiger charge is -1.88. The SMILES string of the molecule is C=CCSc1nc2ccc([N+](=O)[O-])cc2s1. The second-order valence-electron chi connectivity index (χ2n) is 2.99. The quantitative estimate of drug-likeness (QED) is 0.362. The smallest absolute Gasteiger partial charge is 0.258 e. The molecule has 0 aliphatic rings. The zero-order valence-corrected chi connectivity index (χ0v) is 9.88. The van der Waals surface area contributed by atoms with Gasteiger partial charge in [-0.1, -0.05) is 17.8 Å². The summed E-state index contributed by atoms with van der Waals surface area (Å²) in [7, 11) is 0. The van der Waals surface area contributed by atoms with Crippen LogP contribution in [0.3, 0.4) is 0 Å². The number of hydrogen-bond donors (Lipinski definition) is 0. The van der Waals surface area contributed by atoms with Crippen LogP contribution in [0.1, 0.15) is 0 Å². The van der Waals surface area contributed by atoms with Crippen molar-refractivity contribution >= 4 is 39.0 Å². The molecule has 0 bridgehead atoms. The molecule has 0 radical (unpaired) electrons. The number of nitro groups is 1. The summed E-state index contributed by atoms with van der Waals surface area (Å²) in [5.41, 5.74) is 0.915. The van der Waals surface area contributed by atoms with Crippen molar-refractivity contribution in [2.75, 3.05) is 5.75 Å². The van der Waals surface area contributed by atoms with Crippen LogP contribution in [0.4, 0.5) is 5.69 Å². The molecule has 0 spiro atoms. The summed E-state index contributed by atoms with van der Waals surface area (Å²) >= 11 is 3.05. The summed E-state index contributed by atoms with van der Waals surface area (Å²) in [5, 5.41) is 10.6. The Morgan fingerprint density at radius 1 is 1.62 bits per heavy atom. The summed E-state index contributed by atoms with van der Waals surface area (Å²) in [6.45, 7) is 3.63. The minimum Gasteiger partial charge on any atom is -0.258 e. The van der Waals surface area contributed by atoms with Gasteiger partial charge in [0, 0.05) is 17.9 Å². The Hall–Kier alpha value is -1.40. The van der Waals surface area contributed by atoms with Crippen LogP contribution in [0.5, 0.6) is 0 Å². The fraction of sp³-hybridized carbons (Fsp3) is 0.100. The highest BCUT2D eigenvalue weighted by atomic mass is 32.2. The van der Waals surface area contributed by atoms with Crippen LogP contribution in [0, 0.1) is 10.1 Å². The molecule has 82 valence electrons. The number of fused-ring (bicyclic) bond motifs is 1. The molecular weight excluding hydrogens is 244 g/mol. The number of non-ortho nitro benzene ring substituents is 1. The van der Waals surface area contributed by atoms with Gasteiger partial charge in [-0.3, -0.25) is 10.1 Å². The van der Waals surface area contributed by atoms with E-state index in [-0.39, 0.29) is 5.69 Å². The van der Waals surface area contributed by atoms with Gasteiger partial charge in [0.15, 0.2) is 4.34 Å². The Morgan fingerprint density at radius 3 is 3.12 bits per heavy atom. The average Bonchev–Trinajstić information content (AvgIpc) is 2.67. The average molecular weight is 252 g/mol. The molecule has 6 heteroatoms. The second-order valence-corrected chi connectivity index (χ2v) is 5.29. The number of nitrogens with zero attached hydrogens (tertiary/aromatic N) is 2. The lowest BCUT2D eigenvalue weighted by Crippen LogP contribution is -1.85. The van der Waals surface area contributed by atoms with Gasteiger partial charge < -0.3 is 0 Å². The molecule has 0 atom stereocenters. The second kappa shape index (κ2) is 4.63. The molecule has 4 nitrogen and oxygen atoms in total. The molecule has 0 saturated heterocycles. The zero-order valence-electron chi connectivity index (χ0n) is 8.25. The molecule has 2 aromatic rings. The number of rotatable bonds is 4. The van der Waals surface area contributed by atoms with E-state index in [1.165, 1.54) is 17.4 Å². The van der Waals surface area contributed by atoms with E-state index in [4.69, 9.17) is 0 Å². The van der Waals surface area contributed by atoms with Crippen LogP contribution in [0.15, 0.2) is 35.2 Å². The highest BCUT2D eigenvalue weighted by molar-refractivity contribution is 8.01. The van der Waals surface area contributed by atoms with Crippen LogP contribution >= 0.6 is 23.1 Å². The van der Waals surface area contributed by atoms with E-state index in [1.54, 1.807) is 30.0 Å². The molecule has 1 heterocycles. The van der Waals surface area contributed by atoms with Crippen molar-refractivity contribution < 1.29 is 4.92 Å². The van der Waals surface area contributed by atoms with Gasteiger partial charge in [-0.25, -0.2) is 4.98 Å². The van der Waals surface area contributed by atoms with Crippen molar-refractivity contribution in [2.24, 2.45) is 0 Å². The Morgan fingerprint density at radius 2 is 2.44 bits per heavy atom. The van der Waals surface area contributed by atoms with Crippen molar-refractivity contribution in [1.29, 1.82) is 0 Å². The number of thiazole rings is 1. The van der Waals surface area contributed by atoms with Gasteiger partial charge in [-0.2, -0.15) is 0 Å². The van der Waals surface area contributed by atoms with Gasteiger partial charge >= 0.3 is 0 Å². The molecule has 1 aromatic carbocycles. The van der Waals surface area contributed by atoms with E-state index in [2.05, 4.69) is 11.6 Å². The predicted octanol–water partition coefficient (Wildman–Crippen LogP) is 3.48. The standard InChI is InChI=1S/C10H8N2O2S2/c1-2-5-15-10-11-8-4-3-7(12(13)14)6-9(8)16-10/h2-4,6H,1,5H2. The van der Waals surface area contributed by atoms with Crippen molar-refractivity contribution in [3.63, 3.8) is 0 Å². The molecule has 0 fully saturated rings. The van der Waals surface area contributed by atoms with Crippen LogP contribution < -0.4 is 0 Å². The predicted molar refractivity (Wildman–Crippen MR) is 67.2 cm³/mol. The first-order valence-electron chi connectivity index (χ1n) is 4.49. The summed E-state index contributed by atoms with van der Waals surface area (Å²) in [6, 6.07) is 4.72. The molecule has 2 rings (SSSR count). The number of benzene rings is 1. The fourth-order valence-corrected chi connectivity index (χ4v) is 3.06. The highest BCUT2D eigenvalue weighted by Gasteiger charge is 2.09. The summed E-state index contributed by atoms with van der Waals surface area (Å²) in [5.74, 6) is 0.794. The van der Waals surface area contributed by atoms with Crippen LogP contribution in [-0.4, -0.2) is 15.7 Å². The van der Waals surface area contributed by atoms with Gasteiger partial charge in [0.1, 0.15) is 0 Å². The van der Waals surface area contributed by atoms with E-state index >= 15 is 0 Å². The van der Waals surface area contributed by atoms with Crippen LogP contribution in [0.2, 0.25) is 0 Å². The third-order valence-electron chi connectivity index (χ3n) is 1.89. The van der Waals surface area contributed by atoms with Gasteiger partial charge in [0.25, 0.3) is 5.69 Å². The highest BCUT2D eigenvalue weighted by Crippen LogP contribution is 2.31. The van der Waals surface area contributed by atoms with Gasteiger partial charge in [0.05, 0.1) is 15.1 Å². The van der Waals surface area contributed by atoms with Gasteiger partial charge in [0.2, 0.25) is 0 Å². The van der Waals surface area contributed by atoms with Gasteiger partial charge in [-0.15, -0.1) is 17.9 Å². The Balaban J connectivity index is 2.37. The Kier molecular flexibility index (Phi) is 3.21. The first-order valence-corrected chi connectivity index (χ1v) is 6.29. The number of thioether (sulfide) groups is 1. The van der Waals surface area contributed by atoms with Gasteiger partial charge in [-0.05, 0) is 6.07 Å². The zero-order chi connectivity index (χ0) is 11.5. The van der Waals surface area contributed by atoms with Crippen molar-refractivity contribution in [3.8, 4) is 0 Å². The third kappa shape index (κ3) is 2.23. The minimum absolute atomic E-state index is 0.108. The number of hydrogen-bond acceptors (Lipinski definition) is 5. The minimum atomic E-state index is -0.393. The van der Waals surface area contributed by atoms with Crippen molar-refractivity contribution in [2.45, 2.75) is 4.34 Å². The fourth-order valence-electron chi connectivity index (χ4n) is 1.20. The van der Waals surface area contributed by atoms with E-state index in [0.717, 1.165) is 20.3 Å². The topological polar surface area (TPSA) is 56.0 Å². The summed E-state index contributed by atoms with van der Waals surface area (Å²) < 4.78 is 1.76. The van der Waals surface area contributed by atoms with Crippen LogP contribution in [0.25, 0.3) is 10.2 Å². The molecule has 0 N–H and O–H groups in total. The van der Waals surface area contributed by atoms with E-state index in [0.29, 0.717) is 0 Å². The number of nitro benzene ring substituents is 1. The number of aromatic nitrogens is 1. The molecule has 0 saturated carbocycles. The first kappa shape index (κ1) is 11.1. The molecule has 16 heavy (non-hydrogen) atoms. The van der Waals surface area contributed by atoms with Crippen LogP contribution in [-0.2, 0) is 0 Å². The maximum atomic E-state index is 10.6. The Labute approximate surface area is 100 Å². The largest absolute Gasteiger partial charge is 0.270 e. The maximum Gasteiger partial charge on any atom is 0.270 e. The molecule has 0 unspecified atom stereocenters. The third-order valence-corrected chi connectivity index (χ3v) is 4.04. The molecule has 0 aliphatic heterocycles. The molecule has 0 aliphatic carbocycles. The normalized spacial score (nSPS) is 10.5. The maximum absolute atomic E-state index is 10.6.